The molecule has 1 aromatic heterocycles. The van der Waals surface area contributed by atoms with Gasteiger partial charge in [-0.3, -0.25) is 0 Å². The van der Waals surface area contributed by atoms with Crippen molar-refractivity contribution in [3.63, 3.8) is 0 Å². The molecular weight excluding hydrogens is 401 g/mol. The Morgan fingerprint density at radius 2 is 1.59 bits per heavy atom. The summed E-state index contributed by atoms with van der Waals surface area (Å²) in [6.45, 7) is 1.56. The van der Waals surface area contributed by atoms with E-state index in [0.29, 0.717) is 11.8 Å². The highest BCUT2D eigenvalue weighted by atomic mass is 35.5. The van der Waals surface area contributed by atoms with Gasteiger partial charge >= 0.3 is 0 Å². The van der Waals surface area contributed by atoms with Crippen molar-refractivity contribution in [3.8, 4) is 0 Å². The number of anilines is 1. The molecule has 27 heavy (non-hydrogen) atoms. The third-order valence-electron chi connectivity index (χ3n) is 4.39. The van der Waals surface area contributed by atoms with Gasteiger partial charge in [0.2, 0.25) is 11.2 Å². The first-order valence-corrected chi connectivity index (χ1v) is 9.68. The van der Waals surface area contributed by atoms with Crippen molar-refractivity contribution in [3.05, 3.63) is 66.4 Å². The molecule has 0 atom stereocenters. The quantitative estimate of drug-likeness (QED) is 0.322. The van der Waals surface area contributed by atoms with Crippen molar-refractivity contribution in [2.24, 2.45) is 12.0 Å². The van der Waals surface area contributed by atoms with Gasteiger partial charge in [-0.15, -0.1) is 23.2 Å². The molecule has 0 aliphatic heterocycles. The maximum Gasteiger partial charge on any atom is 0.223 e. The molecule has 0 unspecified atom stereocenters. The van der Waals surface area contributed by atoms with Gasteiger partial charge < -0.3 is 17.3 Å². The average molecular weight is 423 g/mol. The van der Waals surface area contributed by atoms with Crippen LogP contribution in [0.25, 0.3) is 10.9 Å². The number of benzene rings is 2. The third kappa shape index (κ3) is 5.35. The summed E-state index contributed by atoms with van der Waals surface area (Å²) in [4.78, 5) is 6.80. The highest BCUT2D eigenvalue weighted by molar-refractivity contribution is 6.18. The predicted octanol–water partition coefficient (Wildman–Crippen LogP) is 1.70. The highest BCUT2D eigenvalue weighted by Crippen LogP contribution is 2.20. The molecule has 3 aromatic rings. The molecule has 3 rings (SSSR count). The van der Waals surface area contributed by atoms with Crippen LogP contribution in [0.2, 0.25) is 0 Å². The number of hydrogen-bond donors (Lipinski definition) is 0. The fourth-order valence-corrected chi connectivity index (χ4v) is 3.36. The van der Waals surface area contributed by atoms with Crippen LogP contribution in [-0.2, 0) is 7.05 Å². The summed E-state index contributed by atoms with van der Waals surface area (Å²) in [7, 11) is 2.06. The first kappa shape index (κ1) is 21.5. The number of rotatable bonds is 7. The van der Waals surface area contributed by atoms with Gasteiger partial charge in [0.05, 0.1) is 11.9 Å². The summed E-state index contributed by atoms with van der Waals surface area (Å²) in [5.41, 5.74) is 4.27. The zero-order valence-corrected chi connectivity index (χ0v) is 17.4. The summed E-state index contributed by atoms with van der Waals surface area (Å²) < 4.78 is 2.15. The Kier molecular flexibility index (Phi) is 8.36. The summed E-state index contributed by atoms with van der Waals surface area (Å²) in [5, 5.41) is 1.22. The Labute approximate surface area is 176 Å². The van der Waals surface area contributed by atoms with Crippen molar-refractivity contribution < 1.29 is 17.0 Å². The van der Waals surface area contributed by atoms with Crippen LogP contribution < -0.4 is 21.9 Å². The zero-order valence-electron chi connectivity index (χ0n) is 15.2. The van der Waals surface area contributed by atoms with Crippen LogP contribution in [0.1, 0.15) is 5.69 Å². The fourth-order valence-electron chi connectivity index (χ4n) is 2.95. The highest BCUT2D eigenvalue weighted by Gasteiger charge is 2.09. The molecule has 0 saturated carbocycles. The summed E-state index contributed by atoms with van der Waals surface area (Å²) in [6, 6.07) is 20.7. The van der Waals surface area contributed by atoms with Crippen LogP contribution in [0.3, 0.4) is 0 Å². The maximum atomic E-state index is 5.88. The van der Waals surface area contributed by atoms with Crippen LogP contribution in [0.15, 0.2) is 65.7 Å². The molecule has 0 aliphatic rings. The second-order valence-electron chi connectivity index (χ2n) is 6.02. The van der Waals surface area contributed by atoms with Gasteiger partial charge in [0.15, 0.2) is 0 Å². The molecule has 3 nitrogen and oxygen atoms in total. The summed E-state index contributed by atoms with van der Waals surface area (Å²) >= 11 is 11.8. The summed E-state index contributed by atoms with van der Waals surface area (Å²) in [5.74, 6) is 1.16. The van der Waals surface area contributed by atoms with E-state index in [1.165, 1.54) is 10.9 Å². The lowest BCUT2D eigenvalue weighted by molar-refractivity contribution is -0.645. The molecular formula is C21H22Cl3N3. The molecule has 0 saturated heterocycles. The SMILES string of the molecule is C[n+]1c(C=Nc2ccc(N(CCCl)CCCl)cc2)ccc2ccccc21.[Cl-]. The first-order chi connectivity index (χ1) is 12.7. The molecule has 0 radical (unpaired) electrons. The van der Waals surface area contributed by atoms with Crippen molar-refractivity contribution >= 4 is 51.7 Å². The molecule has 0 bridgehead atoms. The van der Waals surface area contributed by atoms with Crippen molar-refractivity contribution in [2.75, 3.05) is 29.7 Å². The molecule has 1 heterocycles. The largest absolute Gasteiger partial charge is 1.00 e. The fraction of sp³-hybridized carbons (Fsp3) is 0.238. The van der Waals surface area contributed by atoms with E-state index in [4.69, 9.17) is 23.2 Å². The van der Waals surface area contributed by atoms with E-state index in [2.05, 4.69) is 70.0 Å². The van der Waals surface area contributed by atoms with E-state index in [0.717, 1.165) is 30.2 Å². The van der Waals surface area contributed by atoms with Crippen LogP contribution in [0.4, 0.5) is 11.4 Å². The molecule has 0 aliphatic carbocycles. The smallest absolute Gasteiger partial charge is 0.223 e. The van der Waals surface area contributed by atoms with Crippen LogP contribution in [0.5, 0.6) is 0 Å². The molecule has 6 heteroatoms. The van der Waals surface area contributed by atoms with Gasteiger partial charge in [-0.05, 0) is 36.4 Å². The standard InChI is InChI=1S/C21H22Cl2N3.ClH/c1-25-20(9-6-17-4-2-3-5-21(17)25)16-24-18-7-10-19(11-8-18)26(14-12-22)15-13-23;/h2-11,16H,12-15H2,1H3;1H/q+1;/p-1. The summed E-state index contributed by atoms with van der Waals surface area (Å²) in [6.07, 6.45) is 1.90. The average Bonchev–Trinajstić information content (AvgIpc) is 2.68. The molecule has 0 fully saturated rings. The molecule has 0 spiro atoms. The second-order valence-corrected chi connectivity index (χ2v) is 6.77. The van der Waals surface area contributed by atoms with Gasteiger partial charge in [-0.25, -0.2) is 4.99 Å². The van der Waals surface area contributed by atoms with E-state index in [-0.39, 0.29) is 12.4 Å². The number of aryl methyl sites for hydroxylation is 1. The molecule has 142 valence electrons. The second kappa shape index (κ2) is 10.5. The molecule has 0 N–H and O–H groups in total. The maximum absolute atomic E-state index is 5.88. The van der Waals surface area contributed by atoms with E-state index < -0.39 is 0 Å². The lowest BCUT2D eigenvalue weighted by Gasteiger charge is -2.22. The number of nitrogens with zero attached hydrogens (tertiary/aromatic N) is 3. The number of halogens is 3. The van der Waals surface area contributed by atoms with Crippen LogP contribution >= 0.6 is 23.2 Å². The molecule has 0 amide bonds. The van der Waals surface area contributed by atoms with Crippen molar-refractivity contribution in [1.29, 1.82) is 0 Å². The number of alkyl halides is 2. The van der Waals surface area contributed by atoms with E-state index in [9.17, 15) is 0 Å². The Morgan fingerprint density at radius 1 is 0.926 bits per heavy atom. The van der Waals surface area contributed by atoms with Crippen molar-refractivity contribution in [1.82, 2.24) is 0 Å². The number of para-hydroxylation sites is 1. The van der Waals surface area contributed by atoms with E-state index in [1.807, 2.05) is 18.3 Å². The topological polar surface area (TPSA) is 19.5 Å². The van der Waals surface area contributed by atoms with Crippen LogP contribution in [0, 0.1) is 0 Å². The number of aliphatic imine (C=N–C) groups is 1. The number of fused-ring (bicyclic) bond motifs is 1. The van der Waals surface area contributed by atoms with Gasteiger partial charge in [0, 0.05) is 48.1 Å². The number of hydrogen-bond acceptors (Lipinski definition) is 2. The van der Waals surface area contributed by atoms with Gasteiger partial charge in [0.25, 0.3) is 0 Å². The van der Waals surface area contributed by atoms with Crippen LogP contribution in [-0.4, -0.2) is 31.1 Å². The van der Waals surface area contributed by atoms with Crippen molar-refractivity contribution in [2.45, 2.75) is 0 Å². The Morgan fingerprint density at radius 3 is 2.26 bits per heavy atom. The van der Waals surface area contributed by atoms with Gasteiger partial charge in [-0.2, -0.15) is 4.57 Å². The number of aromatic nitrogens is 1. The van der Waals surface area contributed by atoms with Gasteiger partial charge in [-0.1, -0.05) is 12.1 Å². The third-order valence-corrected chi connectivity index (χ3v) is 4.73. The Bertz CT molecular complexity index is 889. The number of pyridine rings is 1. The van der Waals surface area contributed by atoms with Gasteiger partial charge in [0.1, 0.15) is 7.05 Å². The first-order valence-electron chi connectivity index (χ1n) is 8.61. The monoisotopic (exact) mass is 421 g/mol. The normalized spacial score (nSPS) is 10.9. The Hall–Kier alpha value is -1.81. The Balaban J connectivity index is 0.00000261. The predicted molar refractivity (Wildman–Crippen MR) is 112 cm³/mol. The minimum Gasteiger partial charge on any atom is -1.00 e. The minimum absolute atomic E-state index is 0. The lowest BCUT2D eigenvalue weighted by Crippen LogP contribution is -3.00. The van der Waals surface area contributed by atoms with E-state index in [1.54, 1.807) is 0 Å². The minimum atomic E-state index is 0. The van der Waals surface area contributed by atoms with E-state index >= 15 is 0 Å². The molecule has 2 aromatic carbocycles. The lowest BCUT2D eigenvalue weighted by atomic mass is 10.2. The zero-order chi connectivity index (χ0) is 18.4.